The average molecular weight is 217 g/mol. The summed E-state index contributed by atoms with van der Waals surface area (Å²) in [5, 5.41) is 0.877. The number of benzene rings is 1. The summed E-state index contributed by atoms with van der Waals surface area (Å²) in [6.45, 7) is 0. The van der Waals surface area contributed by atoms with Gasteiger partial charge >= 0.3 is 0 Å². The van der Waals surface area contributed by atoms with Gasteiger partial charge in [-0.05, 0) is 12.1 Å². The lowest BCUT2D eigenvalue weighted by molar-refractivity contribution is 0.111. The number of carbonyl (C=O) groups is 1. The van der Waals surface area contributed by atoms with Gasteiger partial charge in [0.1, 0.15) is 22.7 Å². The van der Waals surface area contributed by atoms with Crippen LogP contribution in [0.1, 0.15) is 10.5 Å². The number of fused-ring (bicyclic) bond motifs is 1. The van der Waals surface area contributed by atoms with Crippen molar-refractivity contribution in [2.24, 2.45) is 0 Å². The molecule has 1 aromatic carbocycles. The van der Waals surface area contributed by atoms with Gasteiger partial charge < -0.3 is 9.47 Å². The van der Waals surface area contributed by atoms with E-state index in [1.165, 1.54) is 0 Å². The van der Waals surface area contributed by atoms with E-state index < -0.39 is 0 Å². The molecular formula is C12H11NO3. The Morgan fingerprint density at radius 3 is 2.62 bits per heavy atom. The topological polar surface area (TPSA) is 48.4 Å². The minimum absolute atomic E-state index is 0.385. The van der Waals surface area contributed by atoms with E-state index in [4.69, 9.17) is 9.47 Å². The number of methoxy groups -OCH3 is 2. The van der Waals surface area contributed by atoms with E-state index in [9.17, 15) is 4.79 Å². The molecule has 2 aromatic rings. The molecule has 16 heavy (non-hydrogen) atoms. The molecular weight excluding hydrogens is 206 g/mol. The van der Waals surface area contributed by atoms with Gasteiger partial charge in [0.25, 0.3) is 0 Å². The molecule has 0 spiro atoms. The number of nitrogens with zero attached hydrogens (tertiary/aromatic N) is 1. The van der Waals surface area contributed by atoms with Crippen LogP contribution < -0.4 is 9.47 Å². The number of pyridine rings is 1. The van der Waals surface area contributed by atoms with Crippen molar-refractivity contribution >= 4 is 17.2 Å². The van der Waals surface area contributed by atoms with Crippen molar-refractivity contribution in [2.45, 2.75) is 0 Å². The Hall–Kier alpha value is -2.10. The Kier molecular flexibility index (Phi) is 2.72. The van der Waals surface area contributed by atoms with Crippen LogP contribution in [0.4, 0.5) is 0 Å². The molecule has 1 heterocycles. The predicted octanol–water partition coefficient (Wildman–Crippen LogP) is 2.06. The molecule has 1 aromatic heterocycles. The molecule has 0 N–H and O–H groups in total. The second-order valence-electron chi connectivity index (χ2n) is 3.26. The molecule has 0 unspecified atom stereocenters. The van der Waals surface area contributed by atoms with Crippen LogP contribution in [0.3, 0.4) is 0 Å². The number of ether oxygens (including phenoxy) is 2. The highest BCUT2D eigenvalue weighted by atomic mass is 16.5. The van der Waals surface area contributed by atoms with Gasteiger partial charge in [-0.2, -0.15) is 0 Å². The van der Waals surface area contributed by atoms with Gasteiger partial charge in [-0.1, -0.05) is 6.07 Å². The van der Waals surface area contributed by atoms with Gasteiger partial charge in [0.05, 0.1) is 14.2 Å². The van der Waals surface area contributed by atoms with Crippen LogP contribution in [-0.2, 0) is 0 Å². The third-order valence-corrected chi connectivity index (χ3v) is 2.33. The summed E-state index contributed by atoms with van der Waals surface area (Å²) in [4.78, 5) is 14.8. The highest BCUT2D eigenvalue weighted by Crippen LogP contribution is 2.29. The van der Waals surface area contributed by atoms with E-state index in [1.54, 1.807) is 26.4 Å². The second kappa shape index (κ2) is 4.18. The fraction of sp³-hybridized carbons (Fsp3) is 0.167. The van der Waals surface area contributed by atoms with Crippen molar-refractivity contribution < 1.29 is 14.3 Å². The molecule has 4 nitrogen and oxygen atoms in total. The molecule has 0 atom stereocenters. The lowest BCUT2D eigenvalue weighted by atomic mass is 10.2. The van der Waals surface area contributed by atoms with E-state index in [0.717, 1.165) is 5.39 Å². The summed E-state index contributed by atoms with van der Waals surface area (Å²) in [5.41, 5.74) is 1.05. The van der Waals surface area contributed by atoms with E-state index >= 15 is 0 Å². The van der Waals surface area contributed by atoms with E-state index in [-0.39, 0.29) is 0 Å². The number of hydrogen-bond donors (Lipinski definition) is 0. The molecule has 0 aliphatic rings. The molecule has 0 saturated carbocycles. The van der Waals surface area contributed by atoms with Gasteiger partial charge in [-0.3, -0.25) is 4.79 Å². The van der Waals surface area contributed by atoms with Crippen molar-refractivity contribution in [1.29, 1.82) is 0 Å². The van der Waals surface area contributed by atoms with Crippen LogP contribution in [-0.4, -0.2) is 25.5 Å². The zero-order valence-electron chi connectivity index (χ0n) is 9.06. The van der Waals surface area contributed by atoms with Crippen LogP contribution >= 0.6 is 0 Å². The third-order valence-electron chi connectivity index (χ3n) is 2.33. The monoisotopic (exact) mass is 217 g/mol. The van der Waals surface area contributed by atoms with E-state index in [2.05, 4.69) is 4.98 Å². The molecule has 2 rings (SSSR count). The molecule has 82 valence electrons. The first-order valence-electron chi connectivity index (χ1n) is 4.76. The standard InChI is InChI=1S/C12H11NO3/c1-15-10-5-8-3-4-9(7-14)13-12(8)11(6-10)16-2/h3-7H,1-2H3. The minimum Gasteiger partial charge on any atom is -0.497 e. The summed E-state index contributed by atoms with van der Waals surface area (Å²) < 4.78 is 10.4. The van der Waals surface area contributed by atoms with Crippen LogP contribution in [0.25, 0.3) is 10.9 Å². The lowest BCUT2D eigenvalue weighted by Gasteiger charge is -2.07. The normalized spacial score (nSPS) is 10.1. The number of hydrogen-bond acceptors (Lipinski definition) is 4. The number of carbonyl (C=O) groups excluding carboxylic acids is 1. The molecule has 0 bridgehead atoms. The van der Waals surface area contributed by atoms with Crippen molar-refractivity contribution in [1.82, 2.24) is 4.98 Å². The fourth-order valence-electron chi connectivity index (χ4n) is 1.53. The Balaban J connectivity index is 2.73. The van der Waals surface area contributed by atoms with Gasteiger partial charge in [0.2, 0.25) is 0 Å². The summed E-state index contributed by atoms with van der Waals surface area (Å²) in [6, 6.07) is 7.06. The molecule has 0 saturated heterocycles. The molecule has 0 aliphatic carbocycles. The van der Waals surface area contributed by atoms with E-state index in [1.807, 2.05) is 12.1 Å². The fourth-order valence-corrected chi connectivity index (χ4v) is 1.53. The van der Waals surface area contributed by atoms with Crippen LogP contribution in [0.15, 0.2) is 24.3 Å². The summed E-state index contributed by atoms with van der Waals surface area (Å²) in [7, 11) is 3.15. The van der Waals surface area contributed by atoms with Crippen molar-refractivity contribution in [2.75, 3.05) is 14.2 Å². The predicted molar refractivity (Wildman–Crippen MR) is 60.2 cm³/mol. The molecule has 4 heteroatoms. The Bertz CT molecular complexity index is 537. The molecule has 0 amide bonds. The number of rotatable bonds is 3. The Morgan fingerprint density at radius 1 is 1.19 bits per heavy atom. The summed E-state index contributed by atoms with van der Waals surface area (Å²) in [6.07, 6.45) is 0.711. The second-order valence-corrected chi connectivity index (χ2v) is 3.26. The smallest absolute Gasteiger partial charge is 0.168 e. The first-order chi connectivity index (χ1) is 7.78. The molecule has 0 radical (unpaired) electrons. The molecule has 0 aliphatic heterocycles. The molecule has 0 fully saturated rings. The van der Waals surface area contributed by atoms with Gasteiger partial charge in [-0.15, -0.1) is 0 Å². The number of aromatic nitrogens is 1. The van der Waals surface area contributed by atoms with Crippen molar-refractivity contribution in [3.63, 3.8) is 0 Å². The van der Waals surface area contributed by atoms with Crippen LogP contribution in [0.5, 0.6) is 11.5 Å². The number of aldehydes is 1. The SMILES string of the molecule is COc1cc(OC)c2nc(C=O)ccc2c1. The van der Waals surface area contributed by atoms with Gasteiger partial charge in [0, 0.05) is 11.5 Å². The maximum Gasteiger partial charge on any atom is 0.168 e. The first kappa shape index (κ1) is 10.4. The highest BCUT2D eigenvalue weighted by molar-refractivity contribution is 5.89. The average Bonchev–Trinajstić information content (AvgIpc) is 2.36. The van der Waals surface area contributed by atoms with Gasteiger partial charge in [-0.25, -0.2) is 4.98 Å². The summed E-state index contributed by atoms with van der Waals surface area (Å²) in [5.74, 6) is 1.29. The zero-order valence-corrected chi connectivity index (χ0v) is 9.06. The van der Waals surface area contributed by atoms with E-state index in [0.29, 0.717) is 29.0 Å². The van der Waals surface area contributed by atoms with Crippen molar-refractivity contribution in [3.05, 3.63) is 30.0 Å². The quantitative estimate of drug-likeness (QED) is 0.738. The lowest BCUT2D eigenvalue weighted by Crippen LogP contribution is -1.93. The highest BCUT2D eigenvalue weighted by Gasteiger charge is 2.07. The third kappa shape index (κ3) is 1.69. The largest absolute Gasteiger partial charge is 0.497 e. The maximum atomic E-state index is 10.6. The first-order valence-corrected chi connectivity index (χ1v) is 4.76. The summed E-state index contributed by atoms with van der Waals surface area (Å²) >= 11 is 0. The van der Waals surface area contributed by atoms with Crippen LogP contribution in [0, 0.1) is 0 Å². The zero-order chi connectivity index (χ0) is 11.5. The Labute approximate surface area is 92.8 Å². The van der Waals surface area contributed by atoms with Crippen molar-refractivity contribution in [3.8, 4) is 11.5 Å². The van der Waals surface area contributed by atoms with Gasteiger partial charge in [0.15, 0.2) is 6.29 Å². The minimum atomic E-state index is 0.385. The Morgan fingerprint density at radius 2 is 2.00 bits per heavy atom. The van der Waals surface area contributed by atoms with Crippen LogP contribution in [0.2, 0.25) is 0 Å². The maximum absolute atomic E-state index is 10.6.